The molecule has 0 N–H and O–H groups in total. The van der Waals surface area contributed by atoms with E-state index in [2.05, 4.69) is 15.2 Å². The van der Waals surface area contributed by atoms with Crippen LogP contribution in [0.3, 0.4) is 0 Å². The number of rotatable bonds is 7. The Balaban J connectivity index is 1.33. The number of thioether (sulfide) groups is 1. The number of amides is 1. The minimum atomic E-state index is -0.00492. The van der Waals surface area contributed by atoms with Gasteiger partial charge in [-0.15, -0.1) is 10.2 Å². The number of aryl methyl sites for hydroxylation is 1. The molecule has 2 aromatic carbocycles. The number of carbonyl (C=O) groups is 1. The molecule has 9 heteroatoms. The fourth-order valence-electron chi connectivity index (χ4n) is 3.87. The number of ether oxygens (including phenoxy) is 2. The first-order chi connectivity index (χ1) is 17.1. The van der Waals surface area contributed by atoms with Crippen molar-refractivity contribution in [3.05, 3.63) is 78.1 Å². The summed E-state index contributed by atoms with van der Waals surface area (Å²) in [6.07, 6.45) is 3.46. The number of hydrogen-bond donors (Lipinski definition) is 0. The van der Waals surface area contributed by atoms with Crippen LogP contribution in [0.2, 0.25) is 0 Å². The lowest BCUT2D eigenvalue weighted by molar-refractivity contribution is -0.127. The van der Waals surface area contributed by atoms with Gasteiger partial charge in [0.25, 0.3) is 0 Å². The van der Waals surface area contributed by atoms with Crippen molar-refractivity contribution in [3.63, 3.8) is 0 Å². The lowest BCUT2D eigenvalue weighted by atomic mass is 10.2. The first-order valence-corrected chi connectivity index (χ1v) is 12.3. The van der Waals surface area contributed by atoms with Gasteiger partial charge in [0, 0.05) is 31.5 Å². The van der Waals surface area contributed by atoms with Gasteiger partial charge in [0.2, 0.25) is 5.91 Å². The summed E-state index contributed by atoms with van der Waals surface area (Å²) >= 11 is 1.37. The zero-order valence-corrected chi connectivity index (χ0v) is 20.4. The van der Waals surface area contributed by atoms with Gasteiger partial charge >= 0.3 is 0 Å². The molecule has 5 rings (SSSR count). The molecule has 35 heavy (non-hydrogen) atoms. The summed E-state index contributed by atoms with van der Waals surface area (Å²) in [5.41, 5.74) is 3.96. The molecular formula is C26H25N5O3S. The molecule has 2 aromatic heterocycles. The van der Waals surface area contributed by atoms with E-state index in [0.29, 0.717) is 30.7 Å². The van der Waals surface area contributed by atoms with Crippen molar-refractivity contribution in [1.29, 1.82) is 0 Å². The van der Waals surface area contributed by atoms with Crippen molar-refractivity contribution in [2.75, 3.05) is 26.0 Å². The van der Waals surface area contributed by atoms with Crippen molar-refractivity contribution in [3.8, 4) is 28.6 Å². The van der Waals surface area contributed by atoms with Crippen LogP contribution in [0.25, 0.3) is 17.1 Å². The van der Waals surface area contributed by atoms with Gasteiger partial charge in [-0.25, -0.2) is 0 Å². The molecule has 178 valence electrons. The molecule has 0 spiro atoms. The van der Waals surface area contributed by atoms with Crippen LogP contribution in [-0.4, -0.2) is 56.6 Å². The molecule has 1 aliphatic heterocycles. The van der Waals surface area contributed by atoms with Crippen LogP contribution in [0.5, 0.6) is 11.5 Å². The van der Waals surface area contributed by atoms with Gasteiger partial charge in [0.05, 0.1) is 11.4 Å². The maximum atomic E-state index is 13.0. The third kappa shape index (κ3) is 5.00. The Morgan fingerprint density at radius 2 is 1.80 bits per heavy atom. The number of para-hydroxylation sites is 1. The monoisotopic (exact) mass is 487 g/mol. The van der Waals surface area contributed by atoms with Gasteiger partial charge in [-0.2, -0.15) is 0 Å². The number of nitrogens with zero attached hydrogens (tertiary/aromatic N) is 5. The third-order valence-corrected chi connectivity index (χ3v) is 6.62. The highest BCUT2D eigenvalue weighted by molar-refractivity contribution is 7.99. The standard InChI is InChI=1S/C26H25N5O3S/c1-18-5-3-4-6-21(18)31-25(20-9-11-27-12-10-20)28-29-26(31)35-17-24(32)30(2)16-19-7-8-22-23(15-19)34-14-13-33-22/h3-12,15H,13-14,16-17H2,1-2H3. The average Bonchev–Trinajstić information content (AvgIpc) is 3.31. The van der Waals surface area contributed by atoms with Gasteiger partial charge in [0.15, 0.2) is 22.5 Å². The molecule has 1 amide bonds. The molecule has 4 aromatic rings. The number of aromatic nitrogens is 4. The summed E-state index contributed by atoms with van der Waals surface area (Å²) in [6, 6.07) is 17.6. The fourth-order valence-corrected chi connectivity index (χ4v) is 4.75. The number of carbonyl (C=O) groups excluding carboxylic acids is 1. The molecule has 0 fully saturated rings. The van der Waals surface area contributed by atoms with Gasteiger partial charge in [-0.3, -0.25) is 14.3 Å². The number of fused-ring (bicyclic) bond motifs is 1. The smallest absolute Gasteiger partial charge is 0.233 e. The third-order valence-electron chi connectivity index (χ3n) is 5.71. The Morgan fingerprint density at radius 1 is 1.03 bits per heavy atom. The van der Waals surface area contributed by atoms with Gasteiger partial charge < -0.3 is 14.4 Å². The Bertz CT molecular complexity index is 1340. The van der Waals surface area contributed by atoms with Gasteiger partial charge in [-0.05, 0) is 48.4 Å². The molecule has 0 bridgehead atoms. The van der Waals surface area contributed by atoms with Crippen LogP contribution < -0.4 is 9.47 Å². The van der Waals surface area contributed by atoms with Gasteiger partial charge in [-0.1, -0.05) is 36.0 Å². The second-order valence-corrected chi connectivity index (χ2v) is 9.12. The summed E-state index contributed by atoms with van der Waals surface area (Å²) in [7, 11) is 1.80. The largest absolute Gasteiger partial charge is 0.486 e. The van der Waals surface area contributed by atoms with E-state index in [-0.39, 0.29) is 11.7 Å². The number of hydrogen-bond acceptors (Lipinski definition) is 7. The summed E-state index contributed by atoms with van der Waals surface area (Å²) in [5.74, 6) is 2.40. The molecule has 0 atom stereocenters. The Kier molecular flexibility index (Phi) is 6.67. The second-order valence-electron chi connectivity index (χ2n) is 8.18. The predicted octanol–water partition coefficient (Wildman–Crippen LogP) is 4.16. The highest BCUT2D eigenvalue weighted by atomic mass is 32.2. The molecule has 0 radical (unpaired) electrons. The van der Waals surface area contributed by atoms with Crippen LogP contribution in [-0.2, 0) is 11.3 Å². The molecular weight excluding hydrogens is 462 g/mol. The van der Waals surface area contributed by atoms with E-state index in [0.717, 1.165) is 33.9 Å². The lowest BCUT2D eigenvalue weighted by Gasteiger charge is -2.21. The Hall–Kier alpha value is -3.85. The molecule has 8 nitrogen and oxygen atoms in total. The molecule has 0 aliphatic carbocycles. The fraction of sp³-hybridized carbons (Fsp3) is 0.231. The van der Waals surface area contributed by atoms with E-state index in [9.17, 15) is 4.79 Å². The average molecular weight is 488 g/mol. The summed E-state index contributed by atoms with van der Waals surface area (Å²) in [6.45, 7) is 3.61. The van der Waals surface area contributed by atoms with Crippen molar-refractivity contribution >= 4 is 17.7 Å². The molecule has 3 heterocycles. The van der Waals surface area contributed by atoms with Crippen molar-refractivity contribution < 1.29 is 14.3 Å². The van der Waals surface area contributed by atoms with Crippen molar-refractivity contribution in [2.45, 2.75) is 18.6 Å². The zero-order chi connectivity index (χ0) is 24.2. The van der Waals surface area contributed by atoms with E-state index in [4.69, 9.17) is 9.47 Å². The minimum Gasteiger partial charge on any atom is -0.486 e. The van der Waals surface area contributed by atoms with Crippen LogP contribution in [0.1, 0.15) is 11.1 Å². The Morgan fingerprint density at radius 3 is 2.60 bits per heavy atom. The van der Waals surface area contributed by atoms with Crippen LogP contribution in [0.15, 0.2) is 72.1 Å². The van der Waals surface area contributed by atoms with E-state index >= 15 is 0 Å². The van der Waals surface area contributed by atoms with E-state index in [1.54, 1.807) is 24.3 Å². The van der Waals surface area contributed by atoms with E-state index < -0.39 is 0 Å². The first-order valence-electron chi connectivity index (χ1n) is 11.3. The highest BCUT2D eigenvalue weighted by Gasteiger charge is 2.20. The van der Waals surface area contributed by atoms with Crippen LogP contribution >= 0.6 is 11.8 Å². The Labute approximate surface area is 207 Å². The summed E-state index contributed by atoms with van der Waals surface area (Å²) in [5, 5.41) is 9.54. The van der Waals surface area contributed by atoms with Crippen molar-refractivity contribution in [2.24, 2.45) is 0 Å². The maximum Gasteiger partial charge on any atom is 0.233 e. The molecule has 0 unspecified atom stereocenters. The maximum absolute atomic E-state index is 13.0. The molecule has 0 saturated heterocycles. The van der Waals surface area contributed by atoms with Crippen molar-refractivity contribution in [1.82, 2.24) is 24.6 Å². The normalized spacial score (nSPS) is 12.4. The quantitative estimate of drug-likeness (QED) is 0.362. The number of benzene rings is 2. The van der Waals surface area contributed by atoms with E-state index in [1.165, 1.54) is 11.8 Å². The molecule has 1 aliphatic rings. The zero-order valence-electron chi connectivity index (χ0n) is 19.5. The summed E-state index contributed by atoms with van der Waals surface area (Å²) < 4.78 is 13.2. The SMILES string of the molecule is Cc1ccccc1-n1c(SCC(=O)N(C)Cc2ccc3c(c2)OCCO3)nnc1-c1ccncc1. The minimum absolute atomic E-state index is 0.00492. The van der Waals surface area contributed by atoms with E-state index in [1.807, 2.05) is 66.1 Å². The highest BCUT2D eigenvalue weighted by Crippen LogP contribution is 2.32. The lowest BCUT2D eigenvalue weighted by Crippen LogP contribution is -2.28. The summed E-state index contributed by atoms with van der Waals surface area (Å²) in [4.78, 5) is 18.8. The topological polar surface area (TPSA) is 82.4 Å². The number of pyridine rings is 1. The predicted molar refractivity (Wildman–Crippen MR) is 134 cm³/mol. The van der Waals surface area contributed by atoms with Gasteiger partial charge in [0.1, 0.15) is 13.2 Å². The van der Waals surface area contributed by atoms with Crippen LogP contribution in [0.4, 0.5) is 0 Å². The molecule has 0 saturated carbocycles. The first kappa shape index (κ1) is 22.9. The van der Waals surface area contributed by atoms with Crippen LogP contribution in [0, 0.1) is 6.92 Å². The second kappa shape index (κ2) is 10.2.